The van der Waals surface area contributed by atoms with Gasteiger partial charge >= 0.3 is 0 Å². The second-order valence-corrected chi connectivity index (χ2v) is 5.11. The Kier molecular flexibility index (Phi) is 3.71. The van der Waals surface area contributed by atoms with Gasteiger partial charge in [-0.1, -0.05) is 17.7 Å². The van der Waals surface area contributed by atoms with Crippen molar-refractivity contribution in [1.29, 1.82) is 0 Å². The van der Waals surface area contributed by atoms with Gasteiger partial charge in [0.1, 0.15) is 11.0 Å². The number of halogens is 2. The molecule has 0 aliphatic carbocycles. The van der Waals surface area contributed by atoms with E-state index in [2.05, 4.69) is 10.3 Å². The van der Waals surface area contributed by atoms with E-state index in [1.54, 1.807) is 24.4 Å². The van der Waals surface area contributed by atoms with Gasteiger partial charge in [0.05, 0.1) is 5.70 Å². The van der Waals surface area contributed by atoms with Crippen LogP contribution in [-0.4, -0.2) is 10.9 Å². The molecular formula is C16H12ClFN2O. The van der Waals surface area contributed by atoms with Crippen molar-refractivity contribution in [3.8, 4) is 0 Å². The van der Waals surface area contributed by atoms with E-state index in [4.69, 9.17) is 11.6 Å². The van der Waals surface area contributed by atoms with Gasteiger partial charge in [0.2, 0.25) is 5.91 Å². The third-order valence-corrected chi connectivity index (χ3v) is 3.69. The van der Waals surface area contributed by atoms with E-state index < -0.39 is 0 Å². The lowest BCUT2D eigenvalue weighted by atomic mass is 9.93. The minimum absolute atomic E-state index is 0.0573. The quantitative estimate of drug-likeness (QED) is 0.860. The first-order valence-corrected chi connectivity index (χ1v) is 6.93. The molecule has 0 spiro atoms. The minimum Gasteiger partial charge on any atom is -0.325 e. The molecule has 0 saturated carbocycles. The molecule has 0 radical (unpaired) electrons. The Bertz CT molecular complexity index is 725. The molecular weight excluding hydrogens is 291 g/mol. The molecule has 5 heteroatoms. The molecule has 0 bridgehead atoms. The fraction of sp³-hybridized carbons (Fsp3) is 0.125. The number of allylic oxidation sites excluding steroid dienone is 1. The molecule has 1 aliphatic rings. The van der Waals surface area contributed by atoms with Gasteiger partial charge in [-0.05, 0) is 47.9 Å². The van der Waals surface area contributed by atoms with Crippen molar-refractivity contribution in [3.63, 3.8) is 0 Å². The predicted octanol–water partition coefficient (Wildman–Crippen LogP) is 3.65. The van der Waals surface area contributed by atoms with E-state index in [0.717, 1.165) is 16.7 Å². The van der Waals surface area contributed by atoms with Crippen LogP contribution in [0.25, 0.3) is 11.3 Å². The second-order valence-electron chi connectivity index (χ2n) is 4.75. The third-order valence-electron chi connectivity index (χ3n) is 3.39. The summed E-state index contributed by atoms with van der Waals surface area (Å²) in [6, 6.07) is 9.68. The summed E-state index contributed by atoms with van der Waals surface area (Å²) in [5, 5.41) is 3.25. The summed E-state index contributed by atoms with van der Waals surface area (Å²) in [4.78, 5) is 15.8. The lowest BCUT2D eigenvalue weighted by Crippen LogP contribution is -2.26. The van der Waals surface area contributed by atoms with Crippen molar-refractivity contribution in [1.82, 2.24) is 10.3 Å². The Labute approximate surface area is 126 Å². The Morgan fingerprint density at radius 1 is 1.14 bits per heavy atom. The molecule has 0 saturated heterocycles. The van der Waals surface area contributed by atoms with E-state index >= 15 is 0 Å². The van der Waals surface area contributed by atoms with Crippen LogP contribution >= 0.6 is 11.6 Å². The number of nitrogens with zero attached hydrogens (tertiary/aromatic N) is 1. The summed E-state index contributed by atoms with van der Waals surface area (Å²) >= 11 is 6.15. The van der Waals surface area contributed by atoms with Crippen LogP contribution in [0.1, 0.15) is 24.0 Å². The Balaban J connectivity index is 2.16. The van der Waals surface area contributed by atoms with Crippen LogP contribution in [0, 0.1) is 5.82 Å². The number of carbonyl (C=O) groups is 1. The maximum absolute atomic E-state index is 13.1. The van der Waals surface area contributed by atoms with Crippen molar-refractivity contribution in [2.75, 3.05) is 0 Å². The summed E-state index contributed by atoms with van der Waals surface area (Å²) in [5.74, 6) is -0.375. The fourth-order valence-electron chi connectivity index (χ4n) is 2.38. The zero-order valence-corrected chi connectivity index (χ0v) is 11.8. The number of aromatic nitrogens is 1. The van der Waals surface area contributed by atoms with Crippen molar-refractivity contribution in [3.05, 3.63) is 64.7 Å². The molecule has 3 rings (SSSR count). The first-order valence-electron chi connectivity index (χ1n) is 6.55. The summed E-state index contributed by atoms with van der Waals surface area (Å²) < 4.78 is 13.1. The fourth-order valence-corrected chi connectivity index (χ4v) is 2.62. The molecule has 1 aromatic heterocycles. The van der Waals surface area contributed by atoms with Crippen molar-refractivity contribution in [2.45, 2.75) is 12.8 Å². The predicted molar refractivity (Wildman–Crippen MR) is 79.8 cm³/mol. The standard InChI is InChI=1S/C16H12ClFN2O/c17-16-13(2-1-9-19-16)12-7-8-14(21)20-15(12)10-3-5-11(18)6-4-10/h1-6,9H,7-8H2,(H,20,21). The highest BCUT2D eigenvalue weighted by molar-refractivity contribution is 6.31. The molecule has 1 aliphatic heterocycles. The highest BCUT2D eigenvalue weighted by atomic mass is 35.5. The lowest BCUT2D eigenvalue weighted by Gasteiger charge is -2.22. The SMILES string of the molecule is O=C1CCC(c2cccnc2Cl)=C(c2ccc(F)cc2)N1. The number of amides is 1. The topological polar surface area (TPSA) is 42.0 Å². The number of pyridine rings is 1. The van der Waals surface area contributed by atoms with Crippen LogP contribution in [0.4, 0.5) is 4.39 Å². The van der Waals surface area contributed by atoms with E-state index in [1.165, 1.54) is 12.1 Å². The molecule has 0 unspecified atom stereocenters. The Morgan fingerprint density at radius 2 is 1.90 bits per heavy atom. The normalized spacial score (nSPS) is 15.0. The van der Waals surface area contributed by atoms with Crippen molar-refractivity contribution >= 4 is 28.8 Å². The minimum atomic E-state index is -0.317. The number of rotatable bonds is 2. The highest BCUT2D eigenvalue weighted by Gasteiger charge is 2.22. The van der Waals surface area contributed by atoms with E-state index in [9.17, 15) is 9.18 Å². The summed E-state index contributed by atoms with van der Waals surface area (Å²) in [6.07, 6.45) is 2.58. The summed E-state index contributed by atoms with van der Waals surface area (Å²) in [7, 11) is 0. The molecule has 106 valence electrons. The van der Waals surface area contributed by atoms with E-state index in [-0.39, 0.29) is 11.7 Å². The van der Waals surface area contributed by atoms with Crippen LogP contribution in [-0.2, 0) is 4.79 Å². The van der Waals surface area contributed by atoms with Crippen molar-refractivity contribution < 1.29 is 9.18 Å². The van der Waals surface area contributed by atoms with Gasteiger partial charge in [-0.25, -0.2) is 9.37 Å². The van der Waals surface area contributed by atoms with E-state index in [0.29, 0.717) is 23.7 Å². The third kappa shape index (κ3) is 2.81. The maximum Gasteiger partial charge on any atom is 0.224 e. The van der Waals surface area contributed by atoms with Crippen LogP contribution in [0.5, 0.6) is 0 Å². The number of benzene rings is 1. The summed E-state index contributed by atoms with van der Waals surface area (Å²) in [5.41, 5.74) is 3.12. The van der Waals surface area contributed by atoms with Crippen LogP contribution in [0.2, 0.25) is 5.15 Å². The van der Waals surface area contributed by atoms with E-state index in [1.807, 2.05) is 6.07 Å². The number of nitrogens with one attached hydrogen (secondary N) is 1. The summed E-state index contributed by atoms with van der Waals surface area (Å²) in [6.45, 7) is 0. The number of hydrogen-bond donors (Lipinski definition) is 1. The van der Waals surface area contributed by atoms with Gasteiger partial charge < -0.3 is 5.32 Å². The molecule has 1 amide bonds. The first kappa shape index (κ1) is 13.8. The van der Waals surface area contributed by atoms with Gasteiger partial charge in [0.15, 0.2) is 0 Å². The smallest absolute Gasteiger partial charge is 0.224 e. The lowest BCUT2D eigenvalue weighted by molar-refractivity contribution is -0.120. The molecule has 3 nitrogen and oxygen atoms in total. The molecule has 2 heterocycles. The Morgan fingerprint density at radius 3 is 2.62 bits per heavy atom. The average molecular weight is 303 g/mol. The molecule has 21 heavy (non-hydrogen) atoms. The van der Waals surface area contributed by atoms with Gasteiger partial charge in [-0.15, -0.1) is 0 Å². The maximum atomic E-state index is 13.1. The molecule has 2 aromatic rings. The van der Waals surface area contributed by atoms with Gasteiger partial charge in [0.25, 0.3) is 0 Å². The van der Waals surface area contributed by atoms with Crippen LogP contribution < -0.4 is 5.32 Å². The monoisotopic (exact) mass is 302 g/mol. The van der Waals surface area contributed by atoms with Crippen LogP contribution in [0.3, 0.4) is 0 Å². The number of carbonyl (C=O) groups excluding carboxylic acids is 1. The van der Waals surface area contributed by atoms with Gasteiger partial charge in [0, 0.05) is 18.2 Å². The molecule has 0 atom stereocenters. The zero-order chi connectivity index (χ0) is 14.8. The first-order chi connectivity index (χ1) is 10.1. The number of hydrogen-bond acceptors (Lipinski definition) is 2. The van der Waals surface area contributed by atoms with Gasteiger partial charge in [-0.3, -0.25) is 4.79 Å². The van der Waals surface area contributed by atoms with Gasteiger partial charge in [-0.2, -0.15) is 0 Å². The average Bonchev–Trinajstić information content (AvgIpc) is 2.49. The second kappa shape index (κ2) is 5.66. The molecule has 0 fully saturated rings. The zero-order valence-electron chi connectivity index (χ0n) is 11.1. The Hall–Kier alpha value is -2.20. The van der Waals surface area contributed by atoms with Crippen molar-refractivity contribution in [2.24, 2.45) is 0 Å². The van der Waals surface area contributed by atoms with Crippen LogP contribution in [0.15, 0.2) is 42.6 Å². The molecule has 1 aromatic carbocycles. The largest absolute Gasteiger partial charge is 0.325 e. The highest BCUT2D eigenvalue weighted by Crippen LogP contribution is 2.34. The molecule has 1 N–H and O–H groups in total.